The molecule has 7 heteroatoms. The van der Waals surface area contributed by atoms with E-state index < -0.39 is 6.10 Å². The number of aryl methyl sites for hydroxylation is 1. The van der Waals surface area contributed by atoms with Crippen LogP contribution in [0.15, 0.2) is 40.9 Å². The number of nitrogens with two attached hydrogens (primary N) is 1. The molecule has 2 rings (SSSR count). The number of nitrogen functional groups attached to an aromatic ring is 1. The molecular formula is C18H22BrClN2O3. The summed E-state index contributed by atoms with van der Waals surface area (Å²) in [4.78, 5) is 12.3. The number of rotatable bonds is 6. The number of benzene rings is 2. The van der Waals surface area contributed by atoms with Crippen LogP contribution in [0.2, 0.25) is 0 Å². The SMILES string of the molecule is COc1cccc(COC(C)C(=O)Nc2cc(Br)cc(C)c2N)c1.Cl. The second-order valence-electron chi connectivity index (χ2n) is 5.48. The van der Waals surface area contributed by atoms with Gasteiger partial charge in [-0.25, -0.2) is 0 Å². The molecule has 0 heterocycles. The zero-order valence-electron chi connectivity index (χ0n) is 14.3. The average molecular weight is 430 g/mol. The third-order valence-electron chi connectivity index (χ3n) is 3.61. The lowest BCUT2D eigenvalue weighted by atomic mass is 10.1. The van der Waals surface area contributed by atoms with Gasteiger partial charge in [-0.15, -0.1) is 12.4 Å². The Morgan fingerprint density at radius 1 is 1.32 bits per heavy atom. The van der Waals surface area contributed by atoms with Crippen LogP contribution >= 0.6 is 28.3 Å². The number of carbonyl (C=O) groups excluding carboxylic acids is 1. The molecule has 5 nitrogen and oxygen atoms in total. The lowest BCUT2D eigenvalue weighted by Crippen LogP contribution is -2.28. The lowest BCUT2D eigenvalue weighted by molar-refractivity contribution is -0.127. The normalized spacial score (nSPS) is 11.4. The molecule has 0 bridgehead atoms. The van der Waals surface area contributed by atoms with E-state index in [-0.39, 0.29) is 18.3 Å². The van der Waals surface area contributed by atoms with Crippen LogP contribution < -0.4 is 15.8 Å². The van der Waals surface area contributed by atoms with Crippen LogP contribution in [0, 0.1) is 6.92 Å². The number of halogens is 2. The first-order chi connectivity index (χ1) is 11.4. The summed E-state index contributed by atoms with van der Waals surface area (Å²) in [5.41, 5.74) is 8.96. The van der Waals surface area contributed by atoms with Crippen LogP contribution in [0.4, 0.5) is 11.4 Å². The molecule has 0 aliphatic heterocycles. The van der Waals surface area contributed by atoms with Gasteiger partial charge in [0.05, 0.1) is 25.1 Å². The highest BCUT2D eigenvalue weighted by molar-refractivity contribution is 9.10. The van der Waals surface area contributed by atoms with Gasteiger partial charge in [0.1, 0.15) is 11.9 Å². The van der Waals surface area contributed by atoms with Gasteiger partial charge in [-0.1, -0.05) is 28.1 Å². The van der Waals surface area contributed by atoms with Crippen LogP contribution in [-0.4, -0.2) is 19.1 Å². The van der Waals surface area contributed by atoms with Gasteiger partial charge in [0.15, 0.2) is 0 Å². The van der Waals surface area contributed by atoms with Crippen molar-refractivity contribution in [2.75, 3.05) is 18.2 Å². The van der Waals surface area contributed by atoms with Crippen LogP contribution in [-0.2, 0) is 16.1 Å². The number of hydrogen-bond acceptors (Lipinski definition) is 4. The predicted octanol–water partition coefficient (Wildman–Crippen LogP) is 4.31. The Bertz CT molecular complexity index is 740. The maximum absolute atomic E-state index is 12.3. The molecule has 0 spiro atoms. The van der Waals surface area contributed by atoms with E-state index in [0.29, 0.717) is 18.0 Å². The highest BCUT2D eigenvalue weighted by atomic mass is 79.9. The van der Waals surface area contributed by atoms with Crippen LogP contribution in [0.5, 0.6) is 5.75 Å². The average Bonchev–Trinajstić information content (AvgIpc) is 2.57. The molecule has 0 radical (unpaired) electrons. The van der Waals surface area contributed by atoms with Gasteiger partial charge in [0.2, 0.25) is 0 Å². The second kappa shape index (κ2) is 9.65. The molecule has 2 aromatic carbocycles. The summed E-state index contributed by atoms with van der Waals surface area (Å²) in [5, 5.41) is 2.81. The molecule has 2 aromatic rings. The fraction of sp³-hybridized carbons (Fsp3) is 0.278. The van der Waals surface area contributed by atoms with Crippen molar-refractivity contribution in [3.63, 3.8) is 0 Å². The Labute approximate surface area is 162 Å². The van der Waals surface area contributed by atoms with E-state index in [1.54, 1.807) is 20.1 Å². The van der Waals surface area contributed by atoms with E-state index in [0.717, 1.165) is 21.3 Å². The molecule has 0 aliphatic rings. The molecule has 1 unspecified atom stereocenters. The van der Waals surface area contributed by atoms with E-state index >= 15 is 0 Å². The Hall–Kier alpha value is -1.76. The number of hydrogen-bond donors (Lipinski definition) is 2. The van der Waals surface area contributed by atoms with Crippen molar-refractivity contribution in [1.82, 2.24) is 0 Å². The third-order valence-corrected chi connectivity index (χ3v) is 4.07. The van der Waals surface area contributed by atoms with E-state index in [4.69, 9.17) is 15.2 Å². The number of carbonyl (C=O) groups is 1. The van der Waals surface area contributed by atoms with E-state index in [2.05, 4.69) is 21.2 Å². The Morgan fingerprint density at radius 2 is 2.04 bits per heavy atom. The van der Waals surface area contributed by atoms with Gasteiger partial charge >= 0.3 is 0 Å². The van der Waals surface area contributed by atoms with Crippen molar-refractivity contribution in [1.29, 1.82) is 0 Å². The fourth-order valence-electron chi connectivity index (χ4n) is 2.15. The van der Waals surface area contributed by atoms with E-state index in [1.807, 2.05) is 37.3 Å². The second-order valence-corrected chi connectivity index (χ2v) is 6.39. The first-order valence-corrected chi connectivity index (χ1v) is 8.31. The molecule has 0 saturated carbocycles. The molecule has 0 aromatic heterocycles. The molecule has 0 aliphatic carbocycles. The summed E-state index contributed by atoms with van der Waals surface area (Å²) in [6, 6.07) is 11.2. The monoisotopic (exact) mass is 428 g/mol. The maximum atomic E-state index is 12.3. The number of nitrogens with one attached hydrogen (secondary N) is 1. The van der Waals surface area contributed by atoms with Gasteiger partial charge in [0, 0.05) is 4.47 Å². The summed E-state index contributed by atoms with van der Waals surface area (Å²) < 4.78 is 11.7. The summed E-state index contributed by atoms with van der Waals surface area (Å²) in [6.45, 7) is 3.91. The Balaban J connectivity index is 0.00000312. The topological polar surface area (TPSA) is 73.6 Å². The van der Waals surface area contributed by atoms with Crippen molar-refractivity contribution < 1.29 is 14.3 Å². The first-order valence-electron chi connectivity index (χ1n) is 7.51. The van der Waals surface area contributed by atoms with Crippen molar-refractivity contribution in [2.45, 2.75) is 26.6 Å². The Kier molecular flexibility index (Phi) is 8.22. The highest BCUT2D eigenvalue weighted by Gasteiger charge is 2.16. The standard InChI is InChI=1S/C18H21BrN2O3.ClH/c1-11-7-14(19)9-16(17(11)20)21-18(22)12(2)24-10-13-5-4-6-15(8-13)23-3;/h4-9,12H,10,20H2,1-3H3,(H,21,22);1H. The number of methoxy groups -OCH3 is 1. The highest BCUT2D eigenvalue weighted by Crippen LogP contribution is 2.27. The molecule has 0 fully saturated rings. The van der Waals surface area contributed by atoms with Crippen LogP contribution in [0.25, 0.3) is 0 Å². The summed E-state index contributed by atoms with van der Waals surface area (Å²) in [6.07, 6.45) is -0.616. The number of ether oxygens (including phenoxy) is 2. The molecule has 1 atom stereocenters. The lowest BCUT2D eigenvalue weighted by Gasteiger charge is -2.16. The van der Waals surface area contributed by atoms with Gasteiger partial charge in [-0.2, -0.15) is 0 Å². The fourth-order valence-corrected chi connectivity index (χ4v) is 2.72. The first kappa shape index (κ1) is 21.3. The number of anilines is 2. The van der Waals surface area contributed by atoms with Gasteiger partial charge in [0.25, 0.3) is 5.91 Å². The van der Waals surface area contributed by atoms with Crippen molar-refractivity contribution in [3.05, 3.63) is 52.0 Å². The van der Waals surface area contributed by atoms with Crippen molar-refractivity contribution in [2.24, 2.45) is 0 Å². The summed E-state index contributed by atoms with van der Waals surface area (Å²) >= 11 is 3.40. The molecular weight excluding hydrogens is 408 g/mol. The molecule has 1 amide bonds. The van der Waals surface area contributed by atoms with Crippen molar-refractivity contribution in [3.8, 4) is 5.75 Å². The van der Waals surface area contributed by atoms with Crippen molar-refractivity contribution >= 4 is 45.6 Å². The van der Waals surface area contributed by atoms with Gasteiger partial charge < -0.3 is 20.5 Å². The largest absolute Gasteiger partial charge is 0.497 e. The minimum atomic E-state index is -0.616. The minimum Gasteiger partial charge on any atom is -0.497 e. The number of amides is 1. The third kappa shape index (κ3) is 5.92. The zero-order chi connectivity index (χ0) is 17.7. The smallest absolute Gasteiger partial charge is 0.253 e. The predicted molar refractivity (Wildman–Crippen MR) is 106 cm³/mol. The van der Waals surface area contributed by atoms with E-state index in [1.165, 1.54) is 0 Å². The molecule has 0 saturated heterocycles. The van der Waals surface area contributed by atoms with Crippen LogP contribution in [0.1, 0.15) is 18.1 Å². The Morgan fingerprint density at radius 3 is 2.72 bits per heavy atom. The minimum absolute atomic E-state index is 0. The van der Waals surface area contributed by atoms with Gasteiger partial charge in [-0.3, -0.25) is 4.79 Å². The quantitative estimate of drug-likeness (QED) is 0.671. The summed E-state index contributed by atoms with van der Waals surface area (Å²) in [7, 11) is 1.61. The summed E-state index contributed by atoms with van der Waals surface area (Å²) in [5.74, 6) is 0.507. The molecule has 25 heavy (non-hydrogen) atoms. The van der Waals surface area contributed by atoms with Gasteiger partial charge in [-0.05, 0) is 49.2 Å². The van der Waals surface area contributed by atoms with Crippen LogP contribution in [0.3, 0.4) is 0 Å². The molecule has 3 N–H and O–H groups in total. The van der Waals surface area contributed by atoms with E-state index in [9.17, 15) is 4.79 Å². The zero-order valence-corrected chi connectivity index (χ0v) is 16.7. The molecule has 136 valence electrons. The maximum Gasteiger partial charge on any atom is 0.253 e.